The fourth-order valence-electron chi connectivity index (χ4n) is 2.74. The molecule has 0 radical (unpaired) electrons. The van der Waals surface area contributed by atoms with E-state index < -0.39 is 12.0 Å². The first-order valence-corrected chi connectivity index (χ1v) is 8.04. The number of carbonyl (C=O) groups is 2. The summed E-state index contributed by atoms with van der Waals surface area (Å²) in [6.45, 7) is 1.67. The van der Waals surface area contributed by atoms with Crippen molar-refractivity contribution in [1.82, 2.24) is 0 Å². The molecule has 2 amide bonds. The van der Waals surface area contributed by atoms with Crippen molar-refractivity contribution in [3.8, 4) is 11.5 Å². The number of rotatable bonds is 3. The van der Waals surface area contributed by atoms with Gasteiger partial charge in [0, 0.05) is 11.1 Å². The van der Waals surface area contributed by atoms with Crippen molar-refractivity contribution < 1.29 is 23.5 Å². The Morgan fingerprint density at radius 3 is 2.85 bits per heavy atom. The van der Waals surface area contributed by atoms with E-state index in [1.54, 1.807) is 56.5 Å². The Labute approximate surface area is 148 Å². The maximum atomic E-state index is 12.5. The van der Waals surface area contributed by atoms with Crippen LogP contribution < -0.4 is 20.1 Å². The number of nitrogens with one attached hydrogen (secondary N) is 2. The smallest absolute Gasteiger partial charge is 0.291 e. The molecule has 26 heavy (non-hydrogen) atoms. The van der Waals surface area contributed by atoms with Crippen molar-refractivity contribution in [1.29, 1.82) is 0 Å². The van der Waals surface area contributed by atoms with Gasteiger partial charge in [0.05, 0.1) is 12.8 Å². The second kappa shape index (κ2) is 6.11. The third-order valence-corrected chi connectivity index (χ3v) is 4.12. The van der Waals surface area contributed by atoms with Crippen molar-refractivity contribution in [3.63, 3.8) is 0 Å². The van der Waals surface area contributed by atoms with Crippen LogP contribution in [0.15, 0.2) is 46.9 Å². The molecule has 132 valence electrons. The van der Waals surface area contributed by atoms with Crippen molar-refractivity contribution in [3.05, 3.63) is 48.2 Å². The van der Waals surface area contributed by atoms with Gasteiger partial charge in [0.2, 0.25) is 0 Å². The van der Waals surface area contributed by atoms with Crippen LogP contribution in [0.1, 0.15) is 17.5 Å². The fourth-order valence-corrected chi connectivity index (χ4v) is 2.74. The largest absolute Gasteiger partial charge is 0.497 e. The third-order valence-electron chi connectivity index (χ3n) is 4.12. The molecule has 1 atom stereocenters. The molecule has 0 saturated carbocycles. The van der Waals surface area contributed by atoms with Crippen LogP contribution in [0, 0.1) is 0 Å². The highest BCUT2D eigenvalue weighted by molar-refractivity contribution is 6.05. The van der Waals surface area contributed by atoms with E-state index in [4.69, 9.17) is 13.9 Å². The summed E-state index contributed by atoms with van der Waals surface area (Å²) >= 11 is 0. The second-order valence-corrected chi connectivity index (χ2v) is 5.93. The van der Waals surface area contributed by atoms with Gasteiger partial charge in [-0.2, -0.15) is 0 Å². The molecule has 0 spiro atoms. The van der Waals surface area contributed by atoms with Gasteiger partial charge in [-0.15, -0.1) is 0 Å². The summed E-state index contributed by atoms with van der Waals surface area (Å²) in [5, 5.41) is 6.27. The SMILES string of the molecule is COc1ccc2oc(C(=O)Nc3ccc4c(c3)NC(=O)C(C)O4)cc2c1. The molecule has 0 bridgehead atoms. The molecule has 2 aromatic carbocycles. The zero-order chi connectivity index (χ0) is 18.3. The van der Waals surface area contributed by atoms with Crippen LogP contribution in [0.2, 0.25) is 0 Å². The van der Waals surface area contributed by atoms with Gasteiger partial charge in [-0.1, -0.05) is 0 Å². The quantitative estimate of drug-likeness (QED) is 0.754. The summed E-state index contributed by atoms with van der Waals surface area (Å²) in [7, 11) is 1.58. The average molecular weight is 352 g/mol. The number of fused-ring (bicyclic) bond motifs is 2. The lowest BCUT2D eigenvalue weighted by Gasteiger charge is -2.23. The number of hydrogen-bond donors (Lipinski definition) is 2. The van der Waals surface area contributed by atoms with Gasteiger partial charge in [-0.05, 0) is 49.4 Å². The van der Waals surface area contributed by atoms with E-state index in [1.807, 2.05) is 0 Å². The lowest BCUT2D eigenvalue weighted by molar-refractivity contribution is -0.122. The van der Waals surface area contributed by atoms with Crippen LogP contribution in [0.4, 0.5) is 11.4 Å². The Balaban J connectivity index is 1.57. The molecule has 1 unspecified atom stereocenters. The zero-order valence-electron chi connectivity index (χ0n) is 14.2. The van der Waals surface area contributed by atoms with Gasteiger partial charge in [0.15, 0.2) is 11.9 Å². The predicted molar refractivity (Wildman–Crippen MR) is 95.9 cm³/mol. The van der Waals surface area contributed by atoms with Gasteiger partial charge in [0.25, 0.3) is 11.8 Å². The van der Waals surface area contributed by atoms with Gasteiger partial charge >= 0.3 is 0 Å². The number of carbonyl (C=O) groups excluding carboxylic acids is 2. The first-order chi connectivity index (χ1) is 12.5. The normalized spacial score (nSPS) is 15.8. The Kier molecular flexibility index (Phi) is 3.76. The van der Waals surface area contributed by atoms with Gasteiger partial charge in [-0.3, -0.25) is 9.59 Å². The fraction of sp³-hybridized carbons (Fsp3) is 0.158. The average Bonchev–Trinajstić information content (AvgIpc) is 3.06. The number of amides is 2. The highest BCUT2D eigenvalue weighted by Crippen LogP contribution is 2.32. The lowest BCUT2D eigenvalue weighted by atomic mass is 10.2. The summed E-state index contributed by atoms with van der Waals surface area (Å²) in [6, 6.07) is 12.0. The molecule has 0 fully saturated rings. The Hall–Kier alpha value is -3.48. The molecule has 2 N–H and O–H groups in total. The monoisotopic (exact) mass is 352 g/mol. The van der Waals surface area contributed by atoms with E-state index in [-0.39, 0.29) is 11.7 Å². The van der Waals surface area contributed by atoms with E-state index in [9.17, 15) is 9.59 Å². The molecular weight excluding hydrogens is 336 g/mol. The molecule has 0 saturated heterocycles. The number of hydrogen-bond acceptors (Lipinski definition) is 5. The molecule has 1 aliphatic heterocycles. The van der Waals surface area contributed by atoms with Crippen molar-refractivity contribution in [2.75, 3.05) is 17.7 Å². The molecule has 2 heterocycles. The summed E-state index contributed by atoms with van der Waals surface area (Å²) < 4.78 is 16.2. The van der Waals surface area contributed by atoms with Crippen molar-refractivity contribution >= 4 is 34.2 Å². The molecule has 0 aliphatic carbocycles. The number of benzene rings is 2. The molecule has 1 aliphatic rings. The number of anilines is 2. The van der Waals surface area contributed by atoms with Crippen molar-refractivity contribution in [2.45, 2.75) is 13.0 Å². The molecule has 3 aromatic rings. The molecule has 4 rings (SSSR count). The van der Waals surface area contributed by atoms with E-state index in [1.165, 1.54) is 0 Å². The van der Waals surface area contributed by atoms with Crippen LogP contribution >= 0.6 is 0 Å². The Morgan fingerprint density at radius 1 is 1.19 bits per heavy atom. The minimum Gasteiger partial charge on any atom is -0.497 e. The standard InChI is InChI=1S/C19H16N2O5/c1-10-18(22)21-14-9-12(3-5-16(14)25-10)20-19(23)17-8-11-7-13(24-2)4-6-15(11)26-17/h3-10H,1-2H3,(H,20,23)(H,21,22). The highest BCUT2D eigenvalue weighted by Gasteiger charge is 2.24. The third kappa shape index (κ3) is 2.83. The van der Waals surface area contributed by atoms with E-state index >= 15 is 0 Å². The van der Waals surface area contributed by atoms with E-state index in [0.717, 1.165) is 5.39 Å². The lowest BCUT2D eigenvalue weighted by Crippen LogP contribution is -2.34. The second-order valence-electron chi connectivity index (χ2n) is 5.93. The van der Waals surface area contributed by atoms with Gasteiger partial charge in [-0.25, -0.2) is 0 Å². The summed E-state index contributed by atoms with van der Waals surface area (Å²) in [5.41, 5.74) is 1.63. The van der Waals surface area contributed by atoms with Crippen LogP contribution in [0.25, 0.3) is 11.0 Å². The predicted octanol–water partition coefficient (Wildman–Crippen LogP) is 3.41. The first-order valence-electron chi connectivity index (χ1n) is 8.04. The van der Waals surface area contributed by atoms with Crippen LogP contribution in [0.5, 0.6) is 11.5 Å². The van der Waals surface area contributed by atoms with E-state index in [2.05, 4.69) is 10.6 Å². The number of methoxy groups -OCH3 is 1. The van der Waals surface area contributed by atoms with Gasteiger partial charge in [0.1, 0.15) is 17.1 Å². The molecule has 7 nitrogen and oxygen atoms in total. The molecule has 7 heteroatoms. The summed E-state index contributed by atoms with van der Waals surface area (Å²) in [4.78, 5) is 24.2. The molecule has 1 aromatic heterocycles. The van der Waals surface area contributed by atoms with Crippen LogP contribution in [-0.2, 0) is 4.79 Å². The summed E-state index contributed by atoms with van der Waals surface area (Å²) in [5.74, 6) is 0.805. The topological polar surface area (TPSA) is 89.8 Å². The Morgan fingerprint density at radius 2 is 2.04 bits per heavy atom. The summed E-state index contributed by atoms with van der Waals surface area (Å²) in [6.07, 6.45) is -0.546. The van der Waals surface area contributed by atoms with Crippen LogP contribution in [0.3, 0.4) is 0 Å². The number of furan rings is 1. The molecular formula is C19H16N2O5. The Bertz CT molecular complexity index is 1020. The van der Waals surface area contributed by atoms with Crippen LogP contribution in [-0.4, -0.2) is 25.0 Å². The number of ether oxygens (including phenoxy) is 2. The zero-order valence-corrected chi connectivity index (χ0v) is 14.2. The minimum absolute atomic E-state index is 0.180. The first kappa shape index (κ1) is 16.0. The minimum atomic E-state index is -0.546. The maximum absolute atomic E-state index is 12.5. The maximum Gasteiger partial charge on any atom is 0.291 e. The van der Waals surface area contributed by atoms with E-state index in [0.29, 0.717) is 28.5 Å². The highest BCUT2D eigenvalue weighted by atomic mass is 16.5. The van der Waals surface area contributed by atoms with Gasteiger partial charge < -0.3 is 24.5 Å². The van der Waals surface area contributed by atoms with Crippen molar-refractivity contribution in [2.24, 2.45) is 0 Å².